The van der Waals surface area contributed by atoms with E-state index < -0.39 is 9.84 Å². The van der Waals surface area contributed by atoms with Crippen molar-refractivity contribution in [2.75, 3.05) is 29.9 Å². The second-order valence-electron chi connectivity index (χ2n) is 6.18. The van der Waals surface area contributed by atoms with Crippen molar-refractivity contribution in [3.8, 4) is 0 Å². The monoisotopic (exact) mass is 396 g/mol. The number of carbonyl (C=O) groups is 2. The van der Waals surface area contributed by atoms with Crippen LogP contribution in [0.1, 0.15) is 17.3 Å². The van der Waals surface area contributed by atoms with Crippen molar-refractivity contribution in [2.45, 2.75) is 18.2 Å². The first-order valence-corrected chi connectivity index (χ1v) is 10.9. The van der Waals surface area contributed by atoms with E-state index in [1.165, 1.54) is 18.7 Å². The van der Waals surface area contributed by atoms with E-state index in [0.29, 0.717) is 23.8 Å². The van der Waals surface area contributed by atoms with E-state index in [0.717, 1.165) is 5.69 Å². The molecule has 0 aromatic heterocycles. The number of benzene rings is 1. The number of thioether (sulfide) groups is 1. The van der Waals surface area contributed by atoms with Crippen molar-refractivity contribution < 1.29 is 18.0 Å². The highest BCUT2D eigenvalue weighted by Gasteiger charge is 2.42. The molecule has 1 aromatic rings. The predicted octanol–water partition coefficient (Wildman–Crippen LogP) is 0.233. The molecule has 0 radical (unpaired) electrons. The van der Waals surface area contributed by atoms with Crippen molar-refractivity contribution in [2.24, 2.45) is 4.99 Å². The minimum atomic E-state index is -2.95. The van der Waals surface area contributed by atoms with E-state index in [-0.39, 0.29) is 34.6 Å². The zero-order valence-corrected chi connectivity index (χ0v) is 15.8. The van der Waals surface area contributed by atoms with Crippen molar-refractivity contribution in [3.63, 3.8) is 0 Å². The number of aliphatic imine (C=N–C) groups is 1. The Kier molecular flexibility index (Phi) is 5.52. The maximum Gasteiger partial charge on any atom is 0.251 e. The molecule has 26 heavy (non-hydrogen) atoms. The molecule has 0 spiro atoms. The predicted molar refractivity (Wildman–Crippen MR) is 102 cm³/mol. The lowest BCUT2D eigenvalue weighted by Crippen LogP contribution is -2.33. The number of amides is 2. The second-order valence-corrected chi connectivity index (χ2v) is 9.56. The zero-order valence-electron chi connectivity index (χ0n) is 14.2. The third kappa shape index (κ3) is 4.76. The van der Waals surface area contributed by atoms with Gasteiger partial charge in [-0.25, -0.2) is 8.42 Å². The standard InChI is InChI=1S/C16H20N4O4S2/c1-10(21)17-6-7-18-15(22)11-2-4-12(5-3-11)19-16-20-13-8-26(23,24)9-14(13)25-16/h2-5,13-14H,6-9H2,1H3,(H,17,21)(H,18,22)(H,19,20)/t13-,14-/m1/s1. The number of amidine groups is 1. The first kappa shape index (κ1) is 18.7. The van der Waals surface area contributed by atoms with Gasteiger partial charge in [0, 0.05) is 36.5 Å². The van der Waals surface area contributed by atoms with Gasteiger partial charge in [0.15, 0.2) is 15.0 Å². The highest BCUT2D eigenvalue weighted by atomic mass is 32.2. The smallest absolute Gasteiger partial charge is 0.251 e. The molecule has 1 aromatic carbocycles. The highest BCUT2D eigenvalue weighted by molar-refractivity contribution is 8.15. The van der Waals surface area contributed by atoms with E-state index >= 15 is 0 Å². The van der Waals surface area contributed by atoms with Crippen LogP contribution >= 0.6 is 11.8 Å². The van der Waals surface area contributed by atoms with Crippen LogP contribution in [-0.4, -0.2) is 61.3 Å². The SMILES string of the molecule is CC(=O)NCCNC(=O)c1ccc(NC2=N[C@@H]3CS(=O)(=O)C[C@H]3S2)cc1. The van der Waals surface area contributed by atoms with Gasteiger partial charge in [-0.15, -0.1) is 0 Å². The summed E-state index contributed by atoms with van der Waals surface area (Å²) in [6, 6.07) is 6.78. The van der Waals surface area contributed by atoms with Gasteiger partial charge in [-0.2, -0.15) is 0 Å². The molecule has 2 heterocycles. The molecule has 2 aliphatic rings. The van der Waals surface area contributed by atoms with Crippen LogP contribution in [0.2, 0.25) is 0 Å². The van der Waals surface area contributed by atoms with E-state index in [1.807, 2.05) is 0 Å². The molecule has 1 saturated heterocycles. The second kappa shape index (κ2) is 7.67. The molecule has 0 aliphatic carbocycles. The van der Waals surface area contributed by atoms with Crippen molar-refractivity contribution in [1.82, 2.24) is 10.6 Å². The molecule has 10 heteroatoms. The van der Waals surface area contributed by atoms with Gasteiger partial charge in [0.1, 0.15) is 0 Å². The van der Waals surface area contributed by atoms with Gasteiger partial charge in [0.05, 0.1) is 17.5 Å². The summed E-state index contributed by atoms with van der Waals surface area (Å²) < 4.78 is 23.2. The summed E-state index contributed by atoms with van der Waals surface area (Å²) >= 11 is 1.45. The number of rotatable bonds is 5. The fourth-order valence-corrected chi connectivity index (χ4v) is 6.44. The van der Waals surface area contributed by atoms with E-state index in [2.05, 4.69) is 20.9 Å². The summed E-state index contributed by atoms with van der Waals surface area (Å²) in [5, 5.41) is 9.20. The number of anilines is 1. The van der Waals surface area contributed by atoms with Gasteiger partial charge in [-0.3, -0.25) is 14.6 Å². The Morgan fingerprint density at radius 1 is 1.15 bits per heavy atom. The van der Waals surface area contributed by atoms with Gasteiger partial charge in [0.2, 0.25) is 5.91 Å². The molecular weight excluding hydrogens is 376 g/mol. The normalized spacial score (nSPS) is 23.0. The van der Waals surface area contributed by atoms with Gasteiger partial charge < -0.3 is 16.0 Å². The minimum Gasteiger partial charge on any atom is -0.355 e. The lowest BCUT2D eigenvalue weighted by Gasteiger charge is -2.09. The fraction of sp³-hybridized carbons (Fsp3) is 0.438. The molecule has 0 unspecified atom stereocenters. The number of nitrogens with zero attached hydrogens (tertiary/aromatic N) is 1. The molecule has 1 fully saturated rings. The molecular formula is C16H20N4O4S2. The first-order chi connectivity index (χ1) is 12.3. The molecule has 2 atom stereocenters. The van der Waals surface area contributed by atoms with Gasteiger partial charge in [0.25, 0.3) is 5.91 Å². The van der Waals surface area contributed by atoms with Gasteiger partial charge in [-0.1, -0.05) is 11.8 Å². The van der Waals surface area contributed by atoms with Crippen LogP contribution in [0.15, 0.2) is 29.3 Å². The Morgan fingerprint density at radius 2 is 1.85 bits per heavy atom. The number of carbonyl (C=O) groups excluding carboxylic acids is 2. The van der Waals surface area contributed by atoms with Crippen LogP contribution in [0, 0.1) is 0 Å². The summed E-state index contributed by atoms with van der Waals surface area (Å²) in [4.78, 5) is 27.2. The van der Waals surface area contributed by atoms with Crippen LogP contribution in [0.3, 0.4) is 0 Å². The maximum absolute atomic E-state index is 12.0. The first-order valence-electron chi connectivity index (χ1n) is 8.17. The average Bonchev–Trinajstić information content (AvgIpc) is 3.04. The van der Waals surface area contributed by atoms with Gasteiger partial charge >= 0.3 is 0 Å². The quantitative estimate of drug-likeness (QED) is 0.614. The molecule has 2 amide bonds. The lowest BCUT2D eigenvalue weighted by molar-refractivity contribution is -0.118. The summed E-state index contributed by atoms with van der Waals surface area (Å²) in [6.07, 6.45) is 0. The topological polar surface area (TPSA) is 117 Å². The molecule has 8 nitrogen and oxygen atoms in total. The Hall–Kier alpha value is -2.07. The molecule has 3 N–H and O–H groups in total. The Bertz CT molecular complexity index is 836. The number of hydrogen-bond acceptors (Lipinski definition) is 7. The van der Waals surface area contributed by atoms with Crippen LogP contribution < -0.4 is 16.0 Å². The summed E-state index contributed by atoms with van der Waals surface area (Å²) in [6.45, 7) is 2.17. The number of nitrogens with one attached hydrogen (secondary N) is 3. The lowest BCUT2D eigenvalue weighted by atomic mass is 10.2. The van der Waals surface area contributed by atoms with Crippen LogP contribution in [-0.2, 0) is 14.6 Å². The highest BCUT2D eigenvalue weighted by Crippen LogP contribution is 2.34. The molecule has 2 aliphatic heterocycles. The van der Waals surface area contributed by atoms with Crippen LogP contribution in [0.5, 0.6) is 0 Å². The van der Waals surface area contributed by atoms with E-state index in [1.54, 1.807) is 24.3 Å². The largest absolute Gasteiger partial charge is 0.355 e. The maximum atomic E-state index is 12.0. The third-order valence-corrected chi connectivity index (χ3v) is 7.14. The number of hydrogen-bond donors (Lipinski definition) is 3. The van der Waals surface area contributed by atoms with Crippen molar-refractivity contribution in [3.05, 3.63) is 29.8 Å². The Balaban J connectivity index is 1.51. The molecule has 0 bridgehead atoms. The van der Waals surface area contributed by atoms with Crippen molar-refractivity contribution >= 4 is 44.3 Å². The zero-order chi connectivity index (χ0) is 18.7. The molecule has 0 saturated carbocycles. The molecule has 140 valence electrons. The van der Waals surface area contributed by atoms with Crippen LogP contribution in [0.25, 0.3) is 0 Å². The van der Waals surface area contributed by atoms with Crippen LogP contribution in [0.4, 0.5) is 5.69 Å². The molecule has 3 rings (SSSR count). The minimum absolute atomic E-state index is 0.00355. The average molecular weight is 396 g/mol. The van der Waals surface area contributed by atoms with Gasteiger partial charge in [-0.05, 0) is 24.3 Å². The van der Waals surface area contributed by atoms with E-state index in [9.17, 15) is 18.0 Å². The third-order valence-electron chi connectivity index (χ3n) is 4.00. The van der Waals surface area contributed by atoms with E-state index in [4.69, 9.17) is 0 Å². The number of sulfone groups is 1. The Labute approximate surface area is 156 Å². The fourth-order valence-electron chi connectivity index (χ4n) is 2.76. The summed E-state index contributed by atoms with van der Waals surface area (Å²) in [7, 11) is -2.95. The Morgan fingerprint density at radius 3 is 2.50 bits per heavy atom. The number of fused-ring (bicyclic) bond motifs is 1. The van der Waals surface area contributed by atoms with Crippen molar-refractivity contribution in [1.29, 1.82) is 0 Å². The summed E-state index contributed by atoms with van der Waals surface area (Å²) in [5.74, 6) is -0.0551. The summed E-state index contributed by atoms with van der Waals surface area (Å²) in [5.41, 5.74) is 1.30.